The van der Waals surface area contributed by atoms with E-state index in [1.165, 1.54) is 43.2 Å². The first-order valence-corrected chi connectivity index (χ1v) is 8.61. The average Bonchev–Trinajstić information content (AvgIpc) is 3.21. The highest BCUT2D eigenvalue weighted by Crippen LogP contribution is 2.40. The summed E-state index contributed by atoms with van der Waals surface area (Å²) >= 11 is 0. The highest BCUT2D eigenvalue weighted by Gasteiger charge is 2.39. The molecule has 21 heavy (non-hydrogen) atoms. The van der Waals surface area contributed by atoms with Crippen LogP contribution in [0.4, 0.5) is 0 Å². The van der Waals surface area contributed by atoms with E-state index >= 15 is 0 Å². The predicted octanol–water partition coefficient (Wildman–Crippen LogP) is 4.56. The molecule has 0 heterocycles. The lowest BCUT2D eigenvalue weighted by molar-refractivity contribution is -0.0149. The van der Waals surface area contributed by atoms with E-state index in [1.807, 2.05) is 0 Å². The van der Waals surface area contributed by atoms with E-state index in [0.717, 1.165) is 24.8 Å². The molecular formula is C19H29NO. The zero-order valence-electron chi connectivity index (χ0n) is 13.7. The van der Waals surface area contributed by atoms with Gasteiger partial charge in [0.2, 0.25) is 0 Å². The number of nitrogens with one attached hydrogen (secondary N) is 1. The van der Waals surface area contributed by atoms with Gasteiger partial charge in [0.05, 0.1) is 0 Å². The van der Waals surface area contributed by atoms with Gasteiger partial charge in [-0.15, -0.1) is 0 Å². The van der Waals surface area contributed by atoms with Crippen LogP contribution in [0.3, 0.4) is 0 Å². The molecule has 116 valence electrons. The second kappa shape index (κ2) is 6.00. The van der Waals surface area contributed by atoms with E-state index in [0.29, 0.717) is 5.92 Å². The van der Waals surface area contributed by atoms with Crippen LogP contribution in [0.5, 0.6) is 5.75 Å². The number of benzene rings is 1. The molecule has 2 saturated carbocycles. The number of hydrogen-bond acceptors (Lipinski definition) is 2. The largest absolute Gasteiger partial charge is 0.487 e. The molecule has 1 aromatic rings. The summed E-state index contributed by atoms with van der Waals surface area (Å²) in [6.45, 7) is 7.75. The van der Waals surface area contributed by atoms with E-state index in [9.17, 15) is 0 Å². The van der Waals surface area contributed by atoms with Crippen LogP contribution in [-0.4, -0.2) is 18.2 Å². The van der Waals surface area contributed by atoms with Gasteiger partial charge in [-0.2, -0.15) is 0 Å². The van der Waals surface area contributed by atoms with Crippen LogP contribution < -0.4 is 10.1 Å². The van der Waals surface area contributed by atoms with Gasteiger partial charge in [0.15, 0.2) is 0 Å². The Balaban J connectivity index is 1.66. The normalized spacial score (nSPS) is 20.4. The smallest absolute Gasteiger partial charge is 0.123 e. The highest BCUT2D eigenvalue weighted by molar-refractivity contribution is 5.38. The zero-order valence-corrected chi connectivity index (χ0v) is 13.7. The van der Waals surface area contributed by atoms with Crippen molar-refractivity contribution in [1.29, 1.82) is 0 Å². The van der Waals surface area contributed by atoms with Crippen molar-refractivity contribution in [3.8, 4) is 5.75 Å². The molecule has 0 unspecified atom stereocenters. The molecule has 0 aliphatic heterocycles. The summed E-state index contributed by atoms with van der Waals surface area (Å²) in [5, 5.41) is 3.63. The summed E-state index contributed by atoms with van der Waals surface area (Å²) in [7, 11) is 0. The first kappa shape index (κ1) is 14.9. The van der Waals surface area contributed by atoms with E-state index in [1.54, 1.807) is 0 Å². The summed E-state index contributed by atoms with van der Waals surface area (Å²) in [5.41, 5.74) is 2.74. The molecule has 0 spiro atoms. The van der Waals surface area contributed by atoms with Gasteiger partial charge in [0.25, 0.3) is 0 Å². The lowest BCUT2D eigenvalue weighted by Gasteiger charge is -2.42. The van der Waals surface area contributed by atoms with Crippen LogP contribution in [0.1, 0.15) is 69.4 Å². The van der Waals surface area contributed by atoms with Gasteiger partial charge in [0.1, 0.15) is 11.4 Å². The maximum Gasteiger partial charge on any atom is 0.123 e. The quantitative estimate of drug-likeness (QED) is 0.793. The number of aryl methyl sites for hydroxylation is 1. The summed E-state index contributed by atoms with van der Waals surface area (Å²) < 4.78 is 6.52. The van der Waals surface area contributed by atoms with E-state index in [4.69, 9.17) is 4.74 Å². The van der Waals surface area contributed by atoms with Crippen LogP contribution in [0, 0.1) is 6.92 Å². The lowest BCUT2D eigenvalue weighted by atomic mass is 9.77. The fourth-order valence-corrected chi connectivity index (χ4v) is 3.08. The van der Waals surface area contributed by atoms with Crippen molar-refractivity contribution in [3.63, 3.8) is 0 Å². The third kappa shape index (κ3) is 3.60. The summed E-state index contributed by atoms with van der Waals surface area (Å²) in [6.07, 6.45) is 7.61. The SMILES string of the molecule is Cc1ccc(C(C)C)cc1OC1(CCNC2CC2)CCC1. The molecule has 0 saturated heterocycles. The van der Waals surface area contributed by atoms with E-state index in [-0.39, 0.29) is 5.60 Å². The Labute approximate surface area is 129 Å². The van der Waals surface area contributed by atoms with Gasteiger partial charge in [-0.1, -0.05) is 26.0 Å². The van der Waals surface area contributed by atoms with Crippen molar-refractivity contribution in [3.05, 3.63) is 29.3 Å². The molecule has 2 aliphatic rings. The van der Waals surface area contributed by atoms with Crippen molar-refractivity contribution in [2.75, 3.05) is 6.54 Å². The molecule has 0 bridgehead atoms. The van der Waals surface area contributed by atoms with E-state index in [2.05, 4.69) is 44.3 Å². The van der Waals surface area contributed by atoms with E-state index < -0.39 is 0 Å². The average molecular weight is 287 g/mol. The first-order valence-electron chi connectivity index (χ1n) is 8.61. The van der Waals surface area contributed by atoms with Crippen LogP contribution >= 0.6 is 0 Å². The third-order valence-electron chi connectivity index (χ3n) is 5.06. The van der Waals surface area contributed by atoms with Gasteiger partial charge in [-0.3, -0.25) is 0 Å². The molecule has 0 radical (unpaired) electrons. The lowest BCUT2D eigenvalue weighted by Crippen LogP contribution is -2.45. The van der Waals surface area contributed by atoms with Gasteiger partial charge in [0, 0.05) is 6.04 Å². The molecule has 1 aromatic carbocycles. The Morgan fingerprint density at radius 2 is 2.05 bits per heavy atom. The molecule has 0 amide bonds. The second-order valence-electron chi connectivity index (χ2n) is 7.30. The number of ether oxygens (including phenoxy) is 1. The van der Waals surface area contributed by atoms with Crippen LogP contribution in [-0.2, 0) is 0 Å². The Hall–Kier alpha value is -1.02. The highest BCUT2D eigenvalue weighted by atomic mass is 16.5. The third-order valence-corrected chi connectivity index (χ3v) is 5.06. The van der Waals surface area contributed by atoms with Crippen LogP contribution in [0.15, 0.2) is 18.2 Å². The monoisotopic (exact) mass is 287 g/mol. The fourth-order valence-electron chi connectivity index (χ4n) is 3.08. The van der Waals surface area contributed by atoms with Crippen molar-refractivity contribution >= 4 is 0 Å². The molecule has 3 rings (SSSR count). The van der Waals surface area contributed by atoms with Crippen LogP contribution in [0.25, 0.3) is 0 Å². The molecule has 0 atom stereocenters. The predicted molar refractivity (Wildman–Crippen MR) is 88.1 cm³/mol. The van der Waals surface area contributed by atoms with Crippen molar-refractivity contribution in [2.24, 2.45) is 0 Å². The standard InChI is InChI=1S/C19H29NO/c1-14(2)16-6-5-15(3)18(13-16)21-19(9-4-10-19)11-12-20-17-7-8-17/h5-6,13-14,17,20H,4,7-12H2,1-3H3. The summed E-state index contributed by atoms with van der Waals surface area (Å²) in [5.74, 6) is 1.66. The van der Waals surface area contributed by atoms with Crippen molar-refractivity contribution < 1.29 is 4.74 Å². The number of hydrogen-bond donors (Lipinski definition) is 1. The molecule has 2 heteroatoms. The Morgan fingerprint density at radius 1 is 1.29 bits per heavy atom. The van der Waals surface area contributed by atoms with Crippen molar-refractivity contribution in [1.82, 2.24) is 5.32 Å². The van der Waals surface area contributed by atoms with Crippen molar-refractivity contribution in [2.45, 2.75) is 76.9 Å². The minimum atomic E-state index is 0.0995. The fraction of sp³-hybridized carbons (Fsp3) is 0.684. The molecule has 0 aromatic heterocycles. The molecular weight excluding hydrogens is 258 g/mol. The molecule has 2 nitrogen and oxygen atoms in total. The zero-order chi connectivity index (χ0) is 14.9. The van der Waals surface area contributed by atoms with Gasteiger partial charge in [-0.05, 0) is 75.1 Å². The second-order valence-corrected chi connectivity index (χ2v) is 7.30. The summed E-state index contributed by atoms with van der Waals surface area (Å²) in [6, 6.07) is 7.50. The topological polar surface area (TPSA) is 21.3 Å². The minimum Gasteiger partial charge on any atom is -0.487 e. The molecule has 2 aliphatic carbocycles. The Kier molecular flexibility index (Phi) is 4.26. The Bertz CT molecular complexity index is 486. The van der Waals surface area contributed by atoms with Gasteiger partial charge >= 0.3 is 0 Å². The van der Waals surface area contributed by atoms with Crippen LogP contribution in [0.2, 0.25) is 0 Å². The first-order chi connectivity index (χ1) is 10.1. The molecule has 1 N–H and O–H groups in total. The molecule has 2 fully saturated rings. The maximum absolute atomic E-state index is 6.52. The summed E-state index contributed by atoms with van der Waals surface area (Å²) in [4.78, 5) is 0. The Morgan fingerprint density at radius 3 is 2.62 bits per heavy atom. The van der Waals surface area contributed by atoms with Gasteiger partial charge in [-0.25, -0.2) is 0 Å². The van der Waals surface area contributed by atoms with Gasteiger partial charge < -0.3 is 10.1 Å². The minimum absolute atomic E-state index is 0.0995. The maximum atomic E-state index is 6.52. The number of rotatable bonds is 7.